The molecule has 8 heteroatoms. The van der Waals surface area contributed by atoms with E-state index < -0.39 is 0 Å². The van der Waals surface area contributed by atoms with E-state index in [0.29, 0.717) is 24.4 Å². The predicted octanol–water partition coefficient (Wildman–Crippen LogP) is 4.04. The zero-order valence-electron chi connectivity index (χ0n) is 20.5. The van der Waals surface area contributed by atoms with Gasteiger partial charge >= 0.3 is 5.97 Å². The van der Waals surface area contributed by atoms with Crippen LogP contribution in [0.3, 0.4) is 0 Å². The smallest absolute Gasteiger partial charge is 0.338 e. The van der Waals surface area contributed by atoms with Gasteiger partial charge in [0.1, 0.15) is 0 Å². The van der Waals surface area contributed by atoms with Crippen LogP contribution in [-0.2, 0) is 14.3 Å². The Hall–Kier alpha value is -2.58. The zero-order valence-corrected chi connectivity index (χ0v) is 21.3. The molecule has 1 aromatic rings. The van der Waals surface area contributed by atoms with E-state index in [2.05, 4.69) is 35.3 Å². The van der Waals surface area contributed by atoms with Crippen LogP contribution >= 0.6 is 11.8 Å². The molecule has 182 valence electrons. The molecular formula is C26H34N4O3S. The Kier molecular flexibility index (Phi) is 7.78. The van der Waals surface area contributed by atoms with Gasteiger partial charge in [-0.3, -0.25) is 4.79 Å². The fraction of sp³-hybridized carbons (Fsp3) is 0.500. The minimum Gasteiger partial charge on any atom is -0.463 e. The normalized spacial score (nSPS) is 20.2. The van der Waals surface area contributed by atoms with Gasteiger partial charge < -0.3 is 19.9 Å². The number of esters is 1. The number of fused-ring (bicyclic) bond motifs is 1. The lowest BCUT2D eigenvalue weighted by atomic mass is 9.90. The fourth-order valence-electron chi connectivity index (χ4n) is 4.78. The lowest BCUT2D eigenvalue weighted by molar-refractivity contribution is -0.139. The first-order valence-corrected chi connectivity index (χ1v) is 12.9. The molecule has 1 fully saturated rings. The van der Waals surface area contributed by atoms with Crippen molar-refractivity contribution in [1.82, 2.24) is 15.1 Å². The Morgan fingerprint density at radius 2 is 1.97 bits per heavy atom. The highest BCUT2D eigenvalue weighted by atomic mass is 32.2. The Morgan fingerprint density at radius 1 is 1.21 bits per heavy atom. The number of benzene rings is 1. The molecule has 34 heavy (non-hydrogen) atoms. The molecular weight excluding hydrogens is 448 g/mol. The number of ether oxygens (including phenoxy) is 1. The lowest BCUT2D eigenvalue weighted by Gasteiger charge is -2.37. The maximum absolute atomic E-state index is 13.1. The monoisotopic (exact) mass is 482 g/mol. The number of carbonyl (C=O) groups excluding carboxylic acids is 2. The number of thioether (sulfide) groups is 1. The minimum atomic E-state index is -0.384. The van der Waals surface area contributed by atoms with Crippen LogP contribution in [0.1, 0.15) is 55.8 Å². The Morgan fingerprint density at radius 3 is 2.71 bits per heavy atom. The summed E-state index contributed by atoms with van der Waals surface area (Å²) in [5.41, 5.74) is 5.26. The summed E-state index contributed by atoms with van der Waals surface area (Å²) in [6, 6.07) is 5.88. The topological polar surface area (TPSA) is 74.2 Å². The summed E-state index contributed by atoms with van der Waals surface area (Å²) in [5.74, 6) is -0.379. The highest BCUT2D eigenvalue weighted by Crippen LogP contribution is 2.45. The van der Waals surface area contributed by atoms with Crippen molar-refractivity contribution in [2.75, 3.05) is 32.8 Å². The summed E-state index contributed by atoms with van der Waals surface area (Å²) >= 11 is 1.50. The molecule has 7 nitrogen and oxygen atoms in total. The average Bonchev–Trinajstić information content (AvgIpc) is 3.45. The Balaban J connectivity index is 1.59. The molecule has 0 radical (unpaired) electrons. The second-order valence-corrected chi connectivity index (χ2v) is 9.89. The SMILES string of the molecule is CCOC(=O)C1=C(C)N=C2SC=C(CC(=O)NCCN3CCCC3)N2[C@@H]1c1cc(C)ccc1C. The first-order valence-electron chi connectivity index (χ1n) is 12.1. The first-order chi connectivity index (χ1) is 16.4. The third-order valence-electron chi connectivity index (χ3n) is 6.52. The van der Waals surface area contributed by atoms with Crippen molar-refractivity contribution in [3.8, 4) is 0 Å². The van der Waals surface area contributed by atoms with Crippen LogP contribution in [0.15, 0.2) is 45.6 Å². The highest BCUT2D eigenvalue weighted by Gasteiger charge is 2.41. The molecule has 1 N–H and O–H groups in total. The summed E-state index contributed by atoms with van der Waals surface area (Å²) < 4.78 is 5.44. The Labute approximate surface area is 206 Å². The van der Waals surface area contributed by atoms with Crippen LogP contribution in [0.25, 0.3) is 0 Å². The van der Waals surface area contributed by atoms with Gasteiger partial charge in [-0.1, -0.05) is 35.5 Å². The average molecular weight is 483 g/mol. The molecule has 0 aliphatic carbocycles. The van der Waals surface area contributed by atoms with Crippen LogP contribution in [0.4, 0.5) is 0 Å². The number of rotatable bonds is 8. The van der Waals surface area contributed by atoms with E-state index in [9.17, 15) is 9.59 Å². The van der Waals surface area contributed by atoms with E-state index in [0.717, 1.165) is 47.2 Å². The molecule has 4 rings (SSSR count). The van der Waals surface area contributed by atoms with E-state index in [1.165, 1.54) is 24.6 Å². The van der Waals surface area contributed by atoms with Crippen molar-refractivity contribution in [2.24, 2.45) is 4.99 Å². The standard InChI is InChI=1S/C26H34N4O3S/c1-5-33-25(32)23-19(4)28-26-30(24(23)21-14-17(2)8-9-18(21)3)20(16-34-26)15-22(31)27-10-13-29-11-6-7-12-29/h8-9,14,16,24H,5-7,10-13,15H2,1-4H3,(H,27,31)/t24-/m1/s1. The van der Waals surface area contributed by atoms with E-state index in [4.69, 9.17) is 9.73 Å². The van der Waals surface area contributed by atoms with Gasteiger partial charge in [0.25, 0.3) is 0 Å². The largest absolute Gasteiger partial charge is 0.463 e. The van der Waals surface area contributed by atoms with Gasteiger partial charge in [-0.2, -0.15) is 0 Å². The van der Waals surface area contributed by atoms with Gasteiger partial charge in [-0.05, 0) is 70.2 Å². The number of allylic oxidation sites excluding steroid dienone is 1. The number of hydrogen-bond acceptors (Lipinski definition) is 7. The molecule has 0 spiro atoms. The van der Waals surface area contributed by atoms with Crippen LogP contribution in [-0.4, -0.2) is 59.6 Å². The van der Waals surface area contributed by atoms with Gasteiger partial charge in [-0.15, -0.1) is 0 Å². The number of amidine groups is 1. The molecule has 3 aliphatic heterocycles. The maximum atomic E-state index is 13.1. The minimum absolute atomic E-state index is 0.0176. The number of hydrogen-bond donors (Lipinski definition) is 1. The predicted molar refractivity (Wildman–Crippen MR) is 136 cm³/mol. The zero-order chi connectivity index (χ0) is 24.2. The van der Waals surface area contributed by atoms with Crippen LogP contribution in [0.5, 0.6) is 0 Å². The van der Waals surface area contributed by atoms with Gasteiger partial charge in [0.05, 0.1) is 30.3 Å². The van der Waals surface area contributed by atoms with Crippen molar-refractivity contribution in [1.29, 1.82) is 0 Å². The number of amides is 1. The second-order valence-electron chi connectivity index (χ2n) is 9.05. The van der Waals surface area contributed by atoms with Crippen LogP contribution in [0.2, 0.25) is 0 Å². The molecule has 0 aromatic heterocycles. The van der Waals surface area contributed by atoms with Crippen LogP contribution in [0, 0.1) is 13.8 Å². The molecule has 3 heterocycles. The summed E-state index contributed by atoms with van der Waals surface area (Å²) in [6.45, 7) is 11.8. The molecule has 0 unspecified atom stereocenters. The van der Waals surface area contributed by atoms with Crippen molar-refractivity contribution >= 4 is 28.8 Å². The van der Waals surface area contributed by atoms with Crippen LogP contribution < -0.4 is 5.32 Å². The molecule has 1 atom stereocenters. The lowest BCUT2D eigenvalue weighted by Crippen LogP contribution is -2.39. The van der Waals surface area contributed by atoms with Crippen molar-refractivity contribution < 1.29 is 14.3 Å². The van der Waals surface area contributed by atoms with Gasteiger partial charge in [0.15, 0.2) is 5.17 Å². The summed E-state index contributed by atoms with van der Waals surface area (Å²) in [7, 11) is 0. The van der Waals surface area contributed by atoms with Gasteiger partial charge in [0, 0.05) is 18.8 Å². The van der Waals surface area contributed by atoms with Gasteiger partial charge in [0.2, 0.25) is 5.91 Å². The molecule has 1 amide bonds. The number of aryl methyl sites for hydroxylation is 2. The fourth-order valence-corrected chi connectivity index (χ4v) is 5.74. The molecule has 0 bridgehead atoms. The maximum Gasteiger partial charge on any atom is 0.338 e. The molecule has 0 saturated carbocycles. The third kappa shape index (κ3) is 5.23. The summed E-state index contributed by atoms with van der Waals surface area (Å²) in [5, 5.41) is 5.84. The van der Waals surface area contributed by atoms with Crippen molar-refractivity contribution in [3.05, 3.63) is 57.3 Å². The van der Waals surface area contributed by atoms with Crippen molar-refractivity contribution in [2.45, 2.75) is 53.0 Å². The third-order valence-corrected chi connectivity index (χ3v) is 7.40. The second kappa shape index (κ2) is 10.8. The summed E-state index contributed by atoms with van der Waals surface area (Å²) in [6.07, 6.45) is 2.72. The van der Waals surface area contributed by atoms with Gasteiger partial charge in [-0.25, -0.2) is 9.79 Å². The van der Waals surface area contributed by atoms with E-state index in [-0.39, 0.29) is 24.3 Å². The number of nitrogens with zero attached hydrogens (tertiary/aromatic N) is 3. The number of aliphatic imine (C=N–C) groups is 1. The highest BCUT2D eigenvalue weighted by molar-refractivity contribution is 8.16. The number of carbonyl (C=O) groups is 2. The molecule has 1 saturated heterocycles. The van der Waals surface area contributed by atoms with E-state index in [1.807, 2.05) is 31.1 Å². The first kappa shape index (κ1) is 24.5. The number of nitrogens with one attached hydrogen (secondary N) is 1. The molecule has 3 aliphatic rings. The van der Waals surface area contributed by atoms with Crippen molar-refractivity contribution in [3.63, 3.8) is 0 Å². The quantitative estimate of drug-likeness (QED) is 0.564. The molecule has 1 aromatic carbocycles. The number of likely N-dealkylation sites (tertiary alicyclic amines) is 1. The van der Waals surface area contributed by atoms with E-state index >= 15 is 0 Å². The Bertz CT molecular complexity index is 1060. The van der Waals surface area contributed by atoms with E-state index in [1.54, 1.807) is 0 Å². The summed E-state index contributed by atoms with van der Waals surface area (Å²) in [4.78, 5) is 35.1.